The summed E-state index contributed by atoms with van der Waals surface area (Å²) in [6.07, 6.45) is 0.963. The second kappa shape index (κ2) is 8.22. The summed E-state index contributed by atoms with van der Waals surface area (Å²) in [5.74, 6) is -0.388. The maximum atomic E-state index is 10.6. The molecule has 0 bridgehead atoms. The number of hydrogen-bond donors (Lipinski definition) is 1. The van der Waals surface area contributed by atoms with Crippen LogP contribution in [0.15, 0.2) is 12.7 Å². The van der Waals surface area contributed by atoms with Crippen LogP contribution in [0.3, 0.4) is 0 Å². The van der Waals surface area contributed by atoms with E-state index in [2.05, 4.69) is 10.8 Å². The Bertz CT molecular complexity index is 310. The van der Waals surface area contributed by atoms with Gasteiger partial charge < -0.3 is 4.74 Å². The first kappa shape index (κ1) is 17.4. The van der Waals surface area contributed by atoms with Crippen molar-refractivity contribution in [3.63, 3.8) is 0 Å². The van der Waals surface area contributed by atoms with Crippen LogP contribution in [0.25, 0.3) is 0 Å². The summed E-state index contributed by atoms with van der Waals surface area (Å²) in [6.45, 7) is 5.07. The van der Waals surface area contributed by atoms with Crippen molar-refractivity contribution >= 4 is 16.4 Å². The number of carbonyl (C=O) groups is 1. The number of nitrogens with zero attached hydrogens (tertiary/aromatic N) is 1. The number of carbonyl (C=O) groups excluding carboxylic acids is 1. The molecule has 96 valence electrons. The molecule has 0 aliphatic rings. The van der Waals surface area contributed by atoms with E-state index >= 15 is 0 Å². The lowest BCUT2D eigenvalue weighted by Gasteiger charge is -2.18. The molecule has 0 radical (unpaired) electrons. The molecule has 0 aromatic carbocycles. The smallest absolute Gasteiger partial charge is 0.397 e. The highest BCUT2D eigenvalue weighted by Gasteiger charge is 2.06. The number of hydrogen-bond acceptors (Lipinski definition) is 6. The van der Waals surface area contributed by atoms with Crippen LogP contribution in [0.1, 0.15) is 6.92 Å². The summed E-state index contributed by atoms with van der Waals surface area (Å²) < 4.78 is 34.5. The van der Waals surface area contributed by atoms with Crippen LogP contribution in [0.5, 0.6) is 0 Å². The molecule has 0 fully saturated rings. The van der Waals surface area contributed by atoms with Crippen LogP contribution < -0.4 is 0 Å². The molecule has 0 spiro atoms. The minimum absolute atomic E-state index is 0.189. The van der Waals surface area contributed by atoms with Gasteiger partial charge in [-0.1, -0.05) is 6.58 Å². The maximum absolute atomic E-state index is 10.6. The molecule has 0 saturated heterocycles. The van der Waals surface area contributed by atoms with Gasteiger partial charge >= 0.3 is 16.4 Å². The molecule has 0 saturated carbocycles. The van der Waals surface area contributed by atoms with Crippen LogP contribution in [-0.2, 0) is 24.1 Å². The van der Waals surface area contributed by atoms with Gasteiger partial charge in [0.25, 0.3) is 0 Å². The van der Waals surface area contributed by atoms with E-state index in [0.29, 0.717) is 0 Å². The second-order valence-electron chi connectivity index (χ2n) is 2.80. The Hall–Kier alpha value is -0.960. The van der Waals surface area contributed by atoms with E-state index in [1.807, 2.05) is 14.1 Å². The van der Waals surface area contributed by atoms with Gasteiger partial charge in [0.1, 0.15) is 0 Å². The van der Waals surface area contributed by atoms with Crippen molar-refractivity contribution in [1.82, 2.24) is 4.90 Å². The first-order valence-electron chi connectivity index (χ1n) is 4.16. The van der Waals surface area contributed by atoms with Gasteiger partial charge in [0, 0.05) is 6.08 Å². The molecule has 1 N–H and O–H groups in total. The average Bonchev–Trinajstić information content (AvgIpc) is 2.17. The molecule has 0 heterocycles. The number of ether oxygens (including phenoxy) is 1. The Morgan fingerprint density at radius 2 is 1.88 bits per heavy atom. The van der Waals surface area contributed by atoms with Gasteiger partial charge in [-0.15, -0.1) is 0 Å². The van der Waals surface area contributed by atoms with Crippen LogP contribution in [-0.4, -0.2) is 51.3 Å². The van der Waals surface area contributed by atoms with Crippen molar-refractivity contribution in [1.29, 1.82) is 0 Å². The summed E-state index contributed by atoms with van der Waals surface area (Å²) in [5.41, 5.74) is 0. The normalized spacial score (nSPS) is 12.4. The lowest BCUT2D eigenvalue weighted by molar-refractivity contribution is -0.149. The SMILES string of the molecule is C=CC(=O)OC(C)N(C)C.COS(=O)(=O)O. The quantitative estimate of drug-likeness (QED) is 0.328. The van der Waals surface area contributed by atoms with Crippen LogP contribution in [0.4, 0.5) is 0 Å². The molecule has 0 aromatic rings. The largest absolute Gasteiger partial charge is 0.444 e. The molecule has 1 unspecified atom stereocenters. The Balaban J connectivity index is 0. The molecule has 0 rings (SSSR count). The third-order valence-corrected chi connectivity index (χ3v) is 1.81. The standard InChI is InChI=1S/C7H13NO2.CH4O4S/c1-5-7(9)10-6(2)8(3)4;1-5-6(2,3)4/h5-6H,1H2,2-4H3;1H3,(H,2,3,4). The predicted octanol–water partition coefficient (Wildman–Crippen LogP) is 0.0588. The van der Waals surface area contributed by atoms with Crippen molar-refractivity contribution < 1.29 is 26.7 Å². The Labute approximate surface area is 95.6 Å². The van der Waals surface area contributed by atoms with E-state index in [-0.39, 0.29) is 12.2 Å². The molecular formula is C8H17NO6S. The van der Waals surface area contributed by atoms with E-state index in [1.54, 1.807) is 11.8 Å². The van der Waals surface area contributed by atoms with E-state index < -0.39 is 10.4 Å². The van der Waals surface area contributed by atoms with Crippen molar-refractivity contribution in [2.45, 2.75) is 13.2 Å². The second-order valence-corrected chi connectivity index (χ2v) is 3.99. The summed E-state index contributed by atoms with van der Waals surface area (Å²) in [4.78, 5) is 12.4. The van der Waals surface area contributed by atoms with Crippen molar-refractivity contribution in [2.24, 2.45) is 0 Å². The minimum atomic E-state index is -4.16. The summed E-state index contributed by atoms with van der Waals surface area (Å²) in [5, 5.41) is 0. The highest BCUT2D eigenvalue weighted by Crippen LogP contribution is 1.94. The fourth-order valence-corrected chi connectivity index (χ4v) is 0.322. The molecule has 1 atom stereocenters. The first-order chi connectivity index (χ1) is 7.14. The van der Waals surface area contributed by atoms with E-state index in [0.717, 1.165) is 13.2 Å². The fourth-order valence-electron chi connectivity index (χ4n) is 0.322. The van der Waals surface area contributed by atoms with Gasteiger partial charge in [-0.3, -0.25) is 13.6 Å². The highest BCUT2D eigenvalue weighted by atomic mass is 32.3. The van der Waals surface area contributed by atoms with Gasteiger partial charge in [0.2, 0.25) is 0 Å². The zero-order chi connectivity index (χ0) is 13.4. The molecule has 7 nitrogen and oxygen atoms in total. The minimum Gasteiger partial charge on any atom is -0.444 e. The van der Waals surface area contributed by atoms with E-state index in [9.17, 15) is 13.2 Å². The molecule has 0 aliphatic heterocycles. The van der Waals surface area contributed by atoms with Gasteiger partial charge in [-0.2, -0.15) is 8.42 Å². The average molecular weight is 255 g/mol. The lowest BCUT2D eigenvalue weighted by atomic mass is 10.6. The molecule has 16 heavy (non-hydrogen) atoms. The van der Waals surface area contributed by atoms with E-state index in [1.165, 1.54) is 0 Å². The van der Waals surface area contributed by atoms with Gasteiger partial charge in [0.15, 0.2) is 6.23 Å². The summed E-state index contributed by atoms with van der Waals surface area (Å²) in [6, 6.07) is 0. The van der Waals surface area contributed by atoms with Gasteiger partial charge in [0.05, 0.1) is 7.11 Å². The Morgan fingerprint density at radius 3 is 2.06 bits per heavy atom. The van der Waals surface area contributed by atoms with Crippen molar-refractivity contribution in [3.8, 4) is 0 Å². The Morgan fingerprint density at radius 1 is 1.50 bits per heavy atom. The predicted molar refractivity (Wildman–Crippen MR) is 58.0 cm³/mol. The molecule has 0 aromatic heterocycles. The summed E-state index contributed by atoms with van der Waals surface area (Å²) in [7, 11) is 0.377. The van der Waals surface area contributed by atoms with Gasteiger partial charge in [-0.05, 0) is 21.0 Å². The van der Waals surface area contributed by atoms with Crippen molar-refractivity contribution in [2.75, 3.05) is 21.2 Å². The molecular weight excluding hydrogens is 238 g/mol. The fraction of sp³-hybridized carbons (Fsp3) is 0.625. The maximum Gasteiger partial charge on any atom is 0.397 e. The molecule has 0 aliphatic carbocycles. The Kier molecular flexibility index (Phi) is 8.96. The van der Waals surface area contributed by atoms with E-state index in [4.69, 9.17) is 9.29 Å². The topological polar surface area (TPSA) is 93.1 Å². The van der Waals surface area contributed by atoms with Crippen molar-refractivity contribution in [3.05, 3.63) is 12.7 Å². The monoisotopic (exact) mass is 255 g/mol. The van der Waals surface area contributed by atoms with Crippen LogP contribution in [0, 0.1) is 0 Å². The van der Waals surface area contributed by atoms with Crippen LogP contribution >= 0.6 is 0 Å². The number of rotatable bonds is 4. The lowest BCUT2D eigenvalue weighted by Crippen LogP contribution is -2.29. The third-order valence-electron chi connectivity index (χ3n) is 1.39. The zero-order valence-electron chi connectivity index (χ0n) is 9.71. The zero-order valence-corrected chi connectivity index (χ0v) is 10.5. The van der Waals surface area contributed by atoms with Crippen LogP contribution in [0.2, 0.25) is 0 Å². The van der Waals surface area contributed by atoms with Gasteiger partial charge in [-0.25, -0.2) is 4.79 Å². The third kappa shape index (κ3) is 13.0. The first-order valence-corrected chi connectivity index (χ1v) is 5.53. The summed E-state index contributed by atoms with van der Waals surface area (Å²) >= 11 is 0. The highest BCUT2D eigenvalue weighted by molar-refractivity contribution is 7.80. The molecule has 8 heteroatoms. The number of esters is 1. The molecule has 0 amide bonds.